The lowest BCUT2D eigenvalue weighted by Crippen LogP contribution is -2.15. The van der Waals surface area contributed by atoms with Gasteiger partial charge in [0.1, 0.15) is 10.9 Å². The van der Waals surface area contributed by atoms with Crippen LogP contribution < -0.4 is 4.74 Å². The van der Waals surface area contributed by atoms with E-state index in [1.165, 1.54) is 0 Å². The van der Waals surface area contributed by atoms with Gasteiger partial charge in [-0.05, 0) is 18.6 Å². The van der Waals surface area contributed by atoms with Gasteiger partial charge in [-0.3, -0.25) is 4.68 Å². The van der Waals surface area contributed by atoms with Crippen LogP contribution in [0.2, 0.25) is 5.15 Å². The number of rotatable bonds is 5. The smallest absolute Gasteiger partial charge is 0.130 e. The second-order valence-electron chi connectivity index (χ2n) is 4.85. The normalized spacial score (nSPS) is 12.4. The van der Waals surface area contributed by atoms with E-state index in [9.17, 15) is 5.11 Å². The lowest BCUT2D eigenvalue weighted by atomic mass is 10.0. The Bertz CT molecular complexity index is 596. The quantitative estimate of drug-likeness (QED) is 0.922. The van der Waals surface area contributed by atoms with Crippen molar-refractivity contribution in [2.24, 2.45) is 7.05 Å². The second-order valence-corrected chi connectivity index (χ2v) is 5.21. The molecule has 0 aliphatic rings. The monoisotopic (exact) mass is 294 g/mol. The maximum atomic E-state index is 10.3. The van der Waals surface area contributed by atoms with Gasteiger partial charge < -0.3 is 9.84 Å². The summed E-state index contributed by atoms with van der Waals surface area (Å²) in [4.78, 5) is 0. The van der Waals surface area contributed by atoms with Crippen molar-refractivity contribution in [2.45, 2.75) is 25.9 Å². The summed E-state index contributed by atoms with van der Waals surface area (Å²) in [6.45, 7) is 1.90. The SMILES string of the molecule is COc1ccccc1CC(O)Cc1c(C)nn(C)c1Cl. The molecule has 0 amide bonds. The predicted molar refractivity (Wildman–Crippen MR) is 79.4 cm³/mol. The number of aromatic nitrogens is 2. The molecule has 0 aliphatic heterocycles. The molecule has 1 N–H and O–H groups in total. The number of aliphatic hydroxyl groups is 1. The van der Waals surface area contributed by atoms with Crippen molar-refractivity contribution in [2.75, 3.05) is 7.11 Å². The van der Waals surface area contributed by atoms with Crippen molar-refractivity contribution >= 4 is 11.6 Å². The fraction of sp³-hybridized carbons (Fsp3) is 0.400. The molecule has 5 heteroatoms. The molecule has 1 atom stereocenters. The third kappa shape index (κ3) is 3.14. The second kappa shape index (κ2) is 6.29. The molecule has 0 saturated heterocycles. The lowest BCUT2D eigenvalue weighted by Gasteiger charge is -2.13. The molecule has 1 unspecified atom stereocenters. The van der Waals surface area contributed by atoms with Gasteiger partial charge in [-0.15, -0.1) is 0 Å². The molecule has 0 fully saturated rings. The molecular weight excluding hydrogens is 276 g/mol. The van der Waals surface area contributed by atoms with E-state index >= 15 is 0 Å². The highest BCUT2D eigenvalue weighted by Crippen LogP contribution is 2.23. The van der Waals surface area contributed by atoms with Crippen molar-refractivity contribution in [3.8, 4) is 5.75 Å². The van der Waals surface area contributed by atoms with Gasteiger partial charge in [0.05, 0.1) is 18.9 Å². The standard InChI is InChI=1S/C15H19ClN2O2/c1-10-13(15(16)18(2)17-10)9-12(19)8-11-6-4-5-7-14(11)20-3/h4-7,12,19H,8-9H2,1-3H3. The molecule has 0 radical (unpaired) electrons. The fourth-order valence-corrected chi connectivity index (χ4v) is 2.59. The van der Waals surface area contributed by atoms with Crippen LogP contribution in [0.15, 0.2) is 24.3 Å². The minimum atomic E-state index is -0.522. The van der Waals surface area contributed by atoms with Crippen LogP contribution in [-0.2, 0) is 19.9 Å². The minimum absolute atomic E-state index is 0.483. The Hall–Kier alpha value is -1.52. The molecule has 1 aromatic heterocycles. The summed E-state index contributed by atoms with van der Waals surface area (Å²) in [5, 5.41) is 15.1. The van der Waals surface area contributed by atoms with Gasteiger partial charge in [0.2, 0.25) is 0 Å². The first kappa shape index (κ1) is 14.9. The molecule has 2 rings (SSSR count). The Morgan fingerprint density at radius 2 is 2.05 bits per heavy atom. The Balaban J connectivity index is 2.11. The van der Waals surface area contributed by atoms with Crippen LogP contribution in [0.1, 0.15) is 16.8 Å². The number of aliphatic hydroxyl groups excluding tert-OH is 1. The number of benzene rings is 1. The van der Waals surface area contributed by atoms with E-state index < -0.39 is 6.10 Å². The maximum Gasteiger partial charge on any atom is 0.130 e. The number of hydrogen-bond donors (Lipinski definition) is 1. The maximum absolute atomic E-state index is 10.3. The highest BCUT2D eigenvalue weighted by molar-refractivity contribution is 6.30. The van der Waals surface area contributed by atoms with Gasteiger partial charge in [-0.1, -0.05) is 29.8 Å². The van der Waals surface area contributed by atoms with Crippen LogP contribution in [0, 0.1) is 6.92 Å². The zero-order chi connectivity index (χ0) is 14.7. The minimum Gasteiger partial charge on any atom is -0.496 e. The third-order valence-corrected chi connectivity index (χ3v) is 3.83. The van der Waals surface area contributed by atoms with Crippen LogP contribution in [0.4, 0.5) is 0 Å². The molecular formula is C15H19ClN2O2. The Kier molecular flexibility index (Phi) is 4.68. The number of ether oxygens (including phenoxy) is 1. The molecule has 0 bridgehead atoms. The fourth-order valence-electron chi connectivity index (χ4n) is 2.34. The van der Waals surface area contributed by atoms with E-state index in [1.807, 2.05) is 31.2 Å². The highest BCUT2D eigenvalue weighted by atomic mass is 35.5. The Labute approximate surface area is 123 Å². The van der Waals surface area contributed by atoms with Crippen molar-refractivity contribution in [3.05, 3.63) is 46.2 Å². The average Bonchev–Trinajstić information content (AvgIpc) is 2.66. The van der Waals surface area contributed by atoms with Crippen molar-refractivity contribution in [3.63, 3.8) is 0 Å². The van der Waals surface area contributed by atoms with Gasteiger partial charge in [0, 0.05) is 25.5 Å². The van der Waals surface area contributed by atoms with E-state index in [2.05, 4.69) is 5.10 Å². The average molecular weight is 295 g/mol. The summed E-state index contributed by atoms with van der Waals surface area (Å²) in [5.41, 5.74) is 2.74. The molecule has 20 heavy (non-hydrogen) atoms. The van der Waals surface area contributed by atoms with E-state index in [4.69, 9.17) is 16.3 Å². The van der Waals surface area contributed by atoms with Crippen LogP contribution in [0.3, 0.4) is 0 Å². The first-order valence-electron chi connectivity index (χ1n) is 6.50. The number of nitrogens with zero attached hydrogens (tertiary/aromatic N) is 2. The topological polar surface area (TPSA) is 47.3 Å². The van der Waals surface area contributed by atoms with Crippen LogP contribution in [-0.4, -0.2) is 28.1 Å². The number of para-hydroxylation sites is 1. The number of methoxy groups -OCH3 is 1. The number of halogens is 1. The van der Waals surface area contributed by atoms with Gasteiger partial charge in [0.25, 0.3) is 0 Å². The van der Waals surface area contributed by atoms with Gasteiger partial charge in [-0.25, -0.2) is 0 Å². The zero-order valence-corrected chi connectivity index (χ0v) is 12.7. The van der Waals surface area contributed by atoms with Gasteiger partial charge in [-0.2, -0.15) is 5.10 Å². The van der Waals surface area contributed by atoms with E-state index in [0.29, 0.717) is 18.0 Å². The molecule has 1 heterocycles. The first-order valence-corrected chi connectivity index (χ1v) is 6.88. The highest BCUT2D eigenvalue weighted by Gasteiger charge is 2.17. The van der Waals surface area contributed by atoms with E-state index in [1.54, 1.807) is 18.8 Å². The number of hydrogen-bond acceptors (Lipinski definition) is 3. The Morgan fingerprint density at radius 1 is 1.35 bits per heavy atom. The van der Waals surface area contributed by atoms with Crippen LogP contribution in [0.25, 0.3) is 0 Å². The van der Waals surface area contributed by atoms with Gasteiger partial charge >= 0.3 is 0 Å². The summed E-state index contributed by atoms with van der Waals surface area (Å²) in [6.07, 6.45) is 0.484. The molecule has 108 valence electrons. The van der Waals surface area contributed by atoms with Crippen LogP contribution >= 0.6 is 11.6 Å². The lowest BCUT2D eigenvalue weighted by molar-refractivity contribution is 0.174. The molecule has 4 nitrogen and oxygen atoms in total. The molecule has 0 spiro atoms. The van der Waals surface area contributed by atoms with Gasteiger partial charge in [0.15, 0.2) is 0 Å². The zero-order valence-electron chi connectivity index (χ0n) is 11.9. The predicted octanol–water partition coefficient (Wildman–Crippen LogP) is 2.54. The first-order chi connectivity index (χ1) is 9.52. The summed E-state index contributed by atoms with van der Waals surface area (Å²) in [6, 6.07) is 7.70. The molecule has 1 aromatic carbocycles. The molecule has 2 aromatic rings. The summed E-state index contributed by atoms with van der Waals surface area (Å²) >= 11 is 6.18. The largest absolute Gasteiger partial charge is 0.496 e. The molecule has 0 saturated carbocycles. The molecule has 0 aliphatic carbocycles. The van der Waals surface area contributed by atoms with E-state index in [-0.39, 0.29) is 0 Å². The number of aryl methyl sites for hydroxylation is 2. The summed E-state index contributed by atoms with van der Waals surface area (Å²) < 4.78 is 6.92. The third-order valence-electron chi connectivity index (χ3n) is 3.36. The summed E-state index contributed by atoms with van der Waals surface area (Å²) in [5.74, 6) is 0.792. The summed E-state index contributed by atoms with van der Waals surface area (Å²) in [7, 11) is 3.43. The Morgan fingerprint density at radius 3 is 2.65 bits per heavy atom. The van der Waals surface area contributed by atoms with E-state index in [0.717, 1.165) is 22.6 Å². The van der Waals surface area contributed by atoms with Crippen molar-refractivity contribution in [1.29, 1.82) is 0 Å². The van der Waals surface area contributed by atoms with Crippen molar-refractivity contribution < 1.29 is 9.84 Å². The van der Waals surface area contributed by atoms with Crippen LogP contribution in [0.5, 0.6) is 5.75 Å². The van der Waals surface area contributed by atoms with Crippen molar-refractivity contribution in [1.82, 2.24) is 9.78 Å².